The smallest absolute Gasteiger partial charge is 0.300 e. The van der Waals surface area contributed by atoms with Crippen LogP contribution in [-0.4, -0.2) is 22.9 Å². The predicted octanol–water partition coefficient (Wildman–Crippen LogP) is 4.83. The standard InChI is InChI=1S/C24H20FNO5/c1-14(2)31-18-6-3-5-15(13-18)22(27)20-21(19-7-4-12-30-19)26(24(29)23(20)28)17-10-8-16(25)9-11-17/h3-14,21,27H,1-2H3/b22-20-. The van der Waals surface area contributed by atoms with E-state index in [9.17, 15) is 19.1 Å². The fourth-order valence-electron chi connectivity index (χ4n) is 3.56. The van der Waals surface area contributed by atoms with Gasteiger partial charge in [-0.15, -0.1) is 0 Å². The molecule has 1 saturated heterocycles. The molecule has 1 aromatic heterocycles. The van der Waals surface area contributed by atoms with Crippen molar-refractivity contribution in [3.63, 3.8) is 0 Å². The first-order valence-electron chi connectivity index (χ1n) is 9.74. The van der Waals surface area contributed by atoms with Crippen molar-refractivity contribution in [2.45, 2.75) is 26.0 Å². The SMILES string of the molecule is CC(C)Oc1cccc(/C(O)=C2/C(=O)C(=O)N(c3ccc(F)cc3)C2c2ccco2)c1. The van der Waals surface area contributed by atoms with Gasteiger partial charge in [0, 0.05) is 11.3 Å². The van der Waals surface area contributed by atoms with Crippen LogP contribution in [0, 0.1) is 5.82 Å². The Bertz CT molecular complexity index is 1150. The van der Waals surface area contributed by atoms with E-state index in [1.807, 2.05) is 13.8 Å². The summed E-state index contributed by atoms with van der Waals surface area (Å²) in [4.78, 5) is 27.1. The van der Waals surface area contributed by atoms with Gasteiger partial charge < -0.3 is 14.3 Å². The van der Waals surface area contributed by atoms with Crippen LogP contribution in [0.1, 0.15) is 31.2 Å². The Morgan fingerprint density at radius 1 is 1.10 bits per heavy atom. The average molecular weight is 421 g/mol. The summed E-state index contributed by atoms with van der Waals surface area (Å²) in [5, 5.41) is 11.1. The monoisotopic (exact) mass is 421 g/mol. The molecule has 0 radical (unpaired) electrons. The zero-order chi connectivity index (χ0) is 22.1. The van der Waals surface area contributed by atoms with Crippen LogP contribution in [0.25, 0.3) is 5.76 Å². The zero-order valence-corrected chi connectivity index (χ0v) is 16.9. The number of furan rings is 1. The number of hydrogen-bond donors (Lipinski definition) is 1. The lowest BCUT2D eigenvalue weighted by Gasteiger charge is -2.23. The summed E-state index contributed by atoms with van der Waals surface area (Å²) < 4.78 is 24.6. The average Bonchev–Trinajstić information content (AvgIpc) is 3.35. The van der Waals surface area contributed by atoms with Crippen molar-refractivity contribution in [1.29, 1.82) is 0 Å². The summed E-state index contributed by atoms with van der Waals surface area (Å²) in [7, 11) is 0. The summed E-state index contributed by atoms with van der Waals surface area (Å²) in [6, 6.07) is 14.0. The number of halogens is 1. The maximum atomic E-state index is 13.4. The number of hydrogen-bond acceptors (Lipinski definition) is 5. The van der Waals surface area contributed by atoms with Crippen LogP contribution < -0.4 is 9.64 Å². The minimum atomic E-state index is -1.00. The van der Waals surface area contributed by atoms with E-state index in [4.69, 9.17) is 9.15 Å². The molecule has 0 aliphatic carbocycles. The lowest BCUT2D eigenvalue weighted by Crippen LogP contribution is -2.29. The highest BCUT2D eigenvalue weighted by molar-refractivity contribution is 6.51. The molecule has 1 atom stereocenters. The van der Waals surface area contributed by atoms with Gasteiger partial charge in [-0.2, -0.15) is 0 Å². The van der Waals surface area contributed by atoms with Crippen molar-refractivity contribution < 1.29 is 28.2 Å². The van der Waals surface area contributed by atoms with Gasteiger partial charge in [0.2, 0.25) is 0 Å². The van der Waals surface area contributed by atoms with E-state index in [0.29, 0.717) is 22.8 Å². The fraction of sp³-hybridized carbons (Fsp3) is 0.167. The summed E-state index contributed by atoms with van der Waals surface area (Å²) >= 11 is 0. The summed E-state index contributed by atoms with van der Waals surface area (Å²) in [6.07, 6.45) is 1.33. The number of carbonyl (C=O) groups is 2. The molecule has 1 aliphatic heterocycles. The molecular formula is C24H20FNO5. The van der Waals surface area contributed by atoms with Crippen molar-refractivity contribution in [2.75, 3.05) is 4.90 Å². The Morgan fingerprint density at radius 2 is 1.84 bits per heavy atom. The van der Waals surface area contributed by atoms with Gasteiger partial charge in [-0.1, -0.05) is 12.1 Å². The number of carbonyl (C=O) groups excluding carboxylic acids is 2. The number of ketones is 1. The number of benzene rings is 2. The highest BCUT2D eigenvalue weighted by atomic mass is 19.1. The van der Waals surface area contributed by atoms with Crippen LogP contribution in [0.5, 0.6) is 5.75 Å². The van der Waals surface area contributed by atoms with E-state index >= 15 is 0 Å². The van der Waals surface area contributed by atoms with Crippen molar-refractivity contribution >= 4 is 23.1 Å². The second-order valence-corrected chi connectivity index (χ2v) is 7.36. The largest absolute Gasteiger partial charge is 0.507 e. The lowest BCUT2D eigenvalue weighted by molar-refractivity contribution is -0.132. The molecule has 2 heterocycles. The van der Waals surface area contributed by atoms with Crippen LogP contribution in [-0.2, 0) is 9.59 Å². The van der Waals surface area contributed by atoms with Crippen LogP contribution in [0.15, 0.2) is 76.9 Å². The maximum absolute atomic E-state index is 13.4. The molecule has 4 rings (SSSR count). The molecule has 3 aromatic rings. The van der Waals surface area contributed by atoms with Gasteiger partial charge in [0.1, 0.15) is 29.1 Å². The Morgan fingerprint density at radius 3 is 2.48 bits per heavy atom. The Hall–Kier alpha value is -3.87. The molecule has 6 nitrogen and oxygen atoms in total. The van der Waals surface area contributed by atoms with E-state index in [-0.39, 0.29) is 17.4 Å². The Labute approximate surface area is 178 Å². The molecule has 1 N–H and O–H groups in total. The van der Waals surface area contributed by atoms with Crippen molar-refractivity contribution in [3.05, 3.63) is 89.6 Å². The topological polar surface area (TPSA) is 80.0 Å². The van der Waals surface area contributed by atoms with E-state index in [1.54, 1.807) is 36.4 Å². The quantitative estimate of drug-likeness (QED) is 0.363. The normalized spacial score (nSPS) is 18.1. The van der Waals surface area contributed by atoms with E-state index in [2.05, 4.69) is 0 Å². The summed E-state index contributed by atoms with van der Waals surface area (Å²) in [6.45, 7) is 3.75. The number of anilines is 1. The van der Waals surface area contributed by atoms with Gasteiger partial charge in [0.05, 0.1) is 17.9 Å². The predicted molar refractivity (Wildman–Crippen MR) is 112 cm³/mol. The van der Waals surface area contributed by atoms with Gasteiger partial charge in [0.15, 0.2) is 0 Å². The first kappa shape index (κ1) is 20.4. The molecule has 1 unspecified atom stereocenters. The van der Waals surface area contributed by atoms with Crippen LogP contribution in [0.4, 0.5) is 10.1 Å². The lowest BCUT2D eigenvalue weighted by atomic mass is 9.99. The first-order chi connectivity index (χ1) is 14.9. The number of nitrogens with zero attached hydrogens (tertiary/aromatic N) is 1. The van der Waals surface area contributed by atoms with E-state index in [1.165, 1.54) is 35.4 Å². The van der Waals surface area contributed by atoms with Gasteiger partial charge in [-0.25, -0.2) is 4.39 Å². The van der Waals surface area contributed by atoms with E-state index < -0.39 is 23.5 Å². The highest BCUT2D eigenvalue weighted by Crippen LogP contribution is 2.42. The molecule has 0 spiro atoms. The fourth-order valence-corrected chi connectivity index (χ4v) is 3.56. The third-order valence-corrected chi connectivity index (χ3v) is 4.84. The number of aliphatic hydroxyl groups excluding tert-OH is 1. The van der Waals surface area contributed by atoms with Crippen molar-refractivity contribution in [2.24, 2.45) is 0 Å². The van der Waals surface area contributed by atoms with Crippen LogP contribution in [0.3, 0.4) is 0 Å². The number of aliphatic hydroxyl groups is 1. The molecule has 158 valence electrons. The molecule has 1 amide bonds. The van der Waals surface area contributed by atoms with Gasteiger partial charge in [0.25, 0.3) is 11.7 Å². The Kier molecular flexibility index (Phi) is 5.33. The van der Waals surface area contributed by atoms with Crippen molar-refractivity contribution in [1.82, 2.24) is 0 Å². The second kappa shape index (κ2) is 8.10. The number of rotatable bonds is 5. The maximum Gasteiger partial charge on any atom is 0.300 e. The minimum absolute atomic E-state index is 0.0791. The molecule has 31 heavy (non-hydrogen) atoms. The van der Waals surface area contributed by atoms with Gasteiger partial charge >= 0.3 is 0 Å². The third kappa shape index (κ3) is 3.82. The summed E-state index contributed by atoms with van der Waals surface area (Å²) in [5.74, 6) is -1.72. The molecule has 1 fully saturated rings. The van der Waals surface area contributed by atoms with Gasteiger partial charge in [-0.05, 0) is 62.4 Å². The Balaban J connectivity index is 1.86. The number of ether oxygens (including phenoxy) is 1. The number of Topliss-reactive ketones (excluding diaryl/α,β-unsaturated/α-hetero) is 1. The molecule has 0 bridgehead atoms. The first-order valence-corrected chi connectivity index (χ1v) is 9.74. The third-order valence-electron chi connectivity index (χ3n) is 4.84. The molecule has 0 saturated carbocycles. The molecular weight excluding hydrogens is 401 g/mol. The summed E-state index contributed by atoms with van der Waals surface area (Å²) in [5.41, 5.74) is 0.513. The highest BCUT2D eigenvalue weighted by Gasteiger charge is 2.48. The molecule has 2 aromatic carbocycles. The van der Waals surface area contributed by atoms with Crippen molar-refractivity contribution in [3.8, 4) is 5.75 Å². The zero-order valence-electron chi connectivity index (χ0n) is 16.9. The van der Waals surface area contributed by atoms with Crippen LogP contribution in [0.2, 0.25) is 0 Å². The van der Waals surface area contributed by atoms with Crippen LogP contribution >= 0.6 is 0 Å². The molecule has 1 aliphatic rings. The minimum Gasteiger partial charge on any atom is -0.507 e. The number of amides is 1. The van der Waals surface area contributed by atoms with Gasteiger partial charge in [-0.3, -0.25) is 14.5 Å². The van der Waals surface area contributed by atoms with E-state index in [0.717, 1.165) is 0 Å². The molecule has 7 heteroatoms. The second-order valence-electron chi connectivity index (χ2n) is 7.36.